The monoisotopic (exact) mass is 661 g/mol. The van der Waals surface area contributed by atoms with Gasteiger partial charge in [0, 0.05) is 33.5 Å². The lowest BCUT2D eigenvalue weighted by Crippen LogP contribution is -1.96. The van der Waals surface area contributed by atoms with Gasteiger partial charge < -0.3 is 0 Å². The average molecular weight is 662 g/mol. The van der Waals surface area contributed by atoms with Gasteiger partial charge in [-0.2, -0.15) is 0 Å². The van der Waals surface area contributed by atoms with Gasteiger partial charge in [-0.25, -0.2) is 9.97 Å². The lowest BCUT2D eigenvalue weighted by molar-refractivity contribution is 1.23. The molecule has 0 fully saturated rings. The van der Waals surface area contributed by atoms with Crippen LogP contribution in [-0.4, -0.2) is 15.0 Å². The highest BCUT2D eigenvalue weighted by atomic mass is 14.9. The van der Waals surface area contributed by atoms with Crippen molar-refractivity contribution >= 4 is 43.4 Å². The van der Waals surface area contributed by atoms with Gasteiger partial charge in [0.25, 0.3) is 0 Å². The Bertz CT molecular complexity index is 2930. The number of nitrogens with zero attached hydrogens (tertiary/aromatic N) is 3. The first-order valence-corrected chi connectivity index (χ1v) is 17.6. The van der Waals surface area contributed by atoms with Crippen LogP contribution in [-0.2, 0) is 0 Å². The maximum atomic E-state index is 5.27. The highest BCUT2D eigenvalue weighted by molar-refractivity contribution is 6.12. The van der Waals surface area contributed by atoms with E-state index in [0.29, 0.717) is 0 Å². The van der Waals surface area contributed by atoms with E-state index in [0.717, 1.165) is 55.4 Å². The van der Waals surface area contributed by atoms with Gasteiger partial charge in [-0.3, -0.25) is 4.98 Å². The van der Waals surface area contributed by atoms with Gasteiger partial charge in [0.05, 0.1) is 16.7 Å². The Labute approximate surface area is 301 Å². The van der Waals surface area contributed by atoms with Crippen molar-refractivity contribution in [2.45, 2.75) is 0 Å². The minimum Gasteiger partial charge on any atom is -0.256 e. The van der Waals surface area contributed by atoms with Gasteiger partial charge in [-0.05, 0) is 73.8 Å². The van der Waals surface area contributed by atoms with Gasteiger partial charge in [-0.15, -0.1) is 0 Å². The third kappa shape index (κ3) is 5.10. The van der Waals surface area contributed by atoms with Crippen molar-refractivity contribution in [2.75, 3.05) is 0 Å². The molecular weight excluding hydrogens is 631 g/mol. The van der Waals surface area contributed by atoms with Gasteiger partial charge in [-0.1, -0.05) is 158 Å². The molecule has 2 aromatic heterocycles. The fourth-order valence-electron chi connectivity index (χ4n) is 7.60. The van der Waals surface area contributed by atoms with E-state index < -0.39 is 0 Å². The predicted octanol–water partition coefficient (Wildman–Crippen LogP) is 12.8. The molecule has 10 aromatic rings. The SMILES string of the molecule is c1ccc(-c2ccc(-c3nc(-c4ccc(-c5ccc(-c6cc7cccnc7c7ccccc67)cc5)c5ccccc45)nc4ccccc34)cc2)cc1. The number of rotatable bonds is 5. The van der Waals surface area contributed by atoms with E-state index in [9.17, 15) is 0 Å². The van der Waals surface area contributed by atoms with Crippen molar-refractivity contribution in [1.29, 1.82) is 0 Å². The van der Waals surface area contributed by atoms with Crippen LogP contribution >= 0.6 is 0 Å². The van der Waals surface area contributed by atoms with Crippen LogP contribution in [0.25, 0.3) is 99.4 Å². The molecule has 0 radical (unpaired) electrons. The molecule has 10 rings (SSSR count). The van der Waals surface area contributed by atoms with E-state index in [-0.39, 0.29) is 0 Å². The van der Waals surface area contributed by atoms with E-state index >= 15 is 0 Å². The van der Waals surface area contributed by atoms with Crippen LogP contribution in [0.15, 0.2) is 188 Å². The molecule has 0 saturated heterocycles. The first-order chi connectivity index (χ1) is 25.8. The summed E-state index contributed by atoms with van der Waals surface area (Å²) < 4.78 is 0. The standard InChI is InChI=1S/C49H31N3/c1-2-11-32(12-3-1)33-20-26-36(27-21-33)48-44-18-8-9-19-46(44)51-49(52-48)43-29-28-38(39-14-4-5-15-40(39)43)34-22-24-35(25-23-34)45-31-37-13-10-30-50-47(37)42-17-7-6-16-41(42)45/h1-31H. The summed E-state index contributed by atoms with van der Waals surface area (Å²) in [4.78, 5) is 15.1. The second kappa shape index (κ2) is 12.4. The number of para-hydroxylation sites is 1. The molecule has 0 spiro atoms. The van der Waals surface area contributed by atoms with E-state index in [1.807, 2.05) is 24.4 Å². The molecule has 8 aromatic carbocycles. The van der Waals surface area contributed by atoms with Crippen LogP contribution in [0.2, 0.25) is 0 Å². The smallest absolute Gasteiger partial charge is 0.161 e. The maximum absolute atomic E-state index is 5.27. The van der Waals surface area contributed by atoms with Crippen LogP contribution in [0.4, 0.5) is 0 Å². The van der Waals surface area contributed by atoms with E-state index in [1.165, 1.54) is 44.0 Å². The molecule has 0 aliphatic carbocycles. The lowest BCUT2D eigenvalue weighted by atomic mass is 9.92. The molecule has 0 aliphatic heterocycles. The van der Waals surface area contributed by atoms with Crippen molar-refractivity contribution < 1.29 is 0 Å². The molecule has 242 valence electrons. The number of hydrogen-bond donors (Lipinski definition) is 0. The molecule has 0 unspecified atom stereocenters. The van der Waals surface area contributed by atoms with E-state index in [2.05, 4.69) is 164 Å². The van der Waals surface area contributed by atoms with Gasteiger partial charge in [0.1, 0.15) is 0 Å². The zero-order chi connectivity index (χ0) is 34.4. The minimum atomic E-state index is 0.719. The Hall–Kier alpha value is -6.97. The Kier molecular flexibility index (Phi) is 7.14. The Morgan fingerprint density at radius 2 is 0.865 bits per heavy atom. The number of pyridine rings is 1. The molecule has 0 saturated carbocycles. The molecule has 2 heterocycles. The first kappa shape index (κ1) is 29.9. The normalized spacial score (nSPS) is 11.5. The molecule has 0 bridgehead atoms. The second-order valence-corrected chi connectivity index (χ2v) is 13.2. The zero-order valence-electron chi connectivity index (χ0n) is 28.2. The third-order valence-electron chi connectivity index (χ3n) is 10.2. The molecule has 0 aliphatic rings. The molecule has 0 atom stereocenters. The summed E-state index contributed by atoms with van der Waals surface area (Å²) in [5, 5.41) is 6.85. The fourth-order valence-corrected chi connectivity index (χ4v) is 7.60. The van der Waals surface area contributed by atoms with Gasteiger partial charge in [0.15, 0.2) is 5.82 Å². The molecule has 0 amide bonds. The van der Waals surface area contributed by atoms with Crippen molar-refractivity contribution in [3.05, 3.63) is 188 Å². The largest absolute Gasteiger partial charge is 0.256 e. The van der Waals surface area contributed by atoms with Crippen LogP contribution in [0, 0.1) is 0 Å². The lowest BCUT2D eigenvalue weighted by Gasteiger charge is -2.14. The molecule has 3 nitrogen and oxygen atoms in total. The highest BCUT2D eigenvalue weighted by Crippen LogP contribution is 2.39. The summed E-state index contributed by atoms with van der Waals surface area (Å²) in [5.41, 5.74) is 12.1. The quantitative estimate of drug-likeness (QED) is 0.172. The summed E-state index contributed by atoms with van der Waals surface area (Å²) in [5.74, 6) is 0.719. The Balaban J connectivity index is 1.06. The van der Waals surface area contributed by atoms with Crippen molar-refractivity contribution in [2.24, 2.45) is 0 Å². The number of hydrogen-bond acceptors (Lipinski definition) is 3. The summed E-state index contributed by atoms with van der Waals surface area (Å²) in [6, 6.07) is 64.4. The van der Waals surface area contributed by atoms with Gasteiger partial charge in [0.2, 0.25) is 0 Å². The van der Waals surface area contributed by atoms with Crippen LogP contribution in [0.1, 0.15) is 0 Å². The maximum Gasteiger partial charge on any atom is 0.161 e. The predicted molar refractivity (Wildman–Crippen MR) is 217 cm³/mol. The molecule has 3 heteroatoms. The van der Waals surface area contributed by atoms with E-state index in [1.54, 1.807) is 0 Å². The van der Waals surface area contributed by atoms with Crippen molar-refractivity contribution in [3.63, 3.8) is 0 Å². The number of benzene rings is 8. The summed E-state index contributed by atoms with van der Waals surface area (Å²) in [6.07, 6.45) is 1.87. The summed E-state index contributed by atoms with van der Waals surface area (Å²) in [6.45, 7) is 0. The van der Waals surface area contributed by atoms with Gasteiger partial charge >= 0.3 is 0 Å². The summed E-state index contributed by atoms with van der Waals surface area (Å²) in [7, 11) is 0. The first-order valence-electron chi connectivity index (χ1n) is 17.6. The van der Waals surface area contributed by atoms with Crippen LogP contribution in [0.5, 0.6) is 0 Å². The van der Waals surface area contributed by atoms with Crippen LogP contribution < -0.4 is 0 Å². The van der Waals surface area contributed by atoms with Crippen LogP contribution in [0.3, 0.4) is 0 Å². The molecule has 52 heavy (non-hydrogen) atoms. The average Bonchev–Trinajstić information content (AvgIpc) is 3.23. The van der Waals surface area contributed by atoms with E-state index in [4.69, 9.17) is 15.0 Å². The Morgan fingerprint density at radius 3 is 1.62 bits per heavy atom. The fraction of sp³-hybridized carbons (Fsp3) is 0. The molecule has 0 N–H and O–H groups in total. The minimum absolute atomic E-state index is 0.719. The Morgan fingerprint density at radius 1 is 0.327 bits per heavy atom. The molecular formula is C49H31N3. The zero-order valence-corrected chi connectivity index (χ0v) is 28.2. The topological polar surface area (TPSA) is 38.7 Å². The second-order valence-electron chi connectivity index (χ2n) is 13.2. The van der Waals surface area contributed by atoms with Crippen molar-refractivity contribution in [3.8, 4) is 56.0 Å². The number of aromatic nitrogens is 3. The summed E-state index contributed by atoms with van der Waals surface area (Å²) >= 11 is 0. The van der Waals surface area contributed by atoms with Crippen molar-refractivity contribution in [1.82, 2.24) is 15.0 Å². The highest BCUT2D eigenvalue weighted by Gasteiger charge is 2.16. The third-order valence-corrected chi connectivity index (χ3v) is 10.2. The number of fused-ring (bicyclic) bond motifs is 5.